The maximum absolute atomic E-state index is 12.6. The highest BCUT2D eigenvalue weighted by Gasteiger charge is 2.56. The minimum absolute atomic E-state index is 0.0837. The molecule has 0 N–H and O–H groups in total. The third kappa shape index (κ3) is 2.98. The summed E-state index contributed by atoms with van der Waals surface area (Å²) in [6.45, 7) is 4.18. The fourth-order valence-corrected chi connectivity index (χ4v) is 3.08. The van der Waals surface area contributed by atoms with E-state index in [9.17, 15) is 4.79 Å². The topological polar surface area (TPSA) is 57.2 Å². The SMILES string of the molecule is C#CCO[C@H]1C(=O)N(c2ccc(OC)cc2)[C@H]1[C@H]1COC(C)(C)O1. The molecular formula is C18H21NO5. The number of amides is 1. The zero-order valence-corrected chi connectivity index (χ0v) is 14.0. The summed E-state index contributed by atoms with van der Waals surface area (Å²) in [6, 6.07) is 7.02. The molecule has 2 saturated heterocycles. The highest BCUT2D eigenvalue weighted by Crippen LogP contribution is 2.37. The Morgan fingerprint density at radius 1 is 1.38 bits per heavy atom. The summed E-state index contributed by atoms with van der Waals surface area (Å²) >= 11 is 0. The van der Waals surface area contributed by atoms with Crippen LogP contribution in [0.15, 0.2) is 24.3 Å². The van der Waals surface area contributed by atoms with E-state index in [1.807, 2.05) is 38.1 Å². The molecule has 1 aromatic rings. The van der Waals surface area contributed by atoms with E-state index in [1.165, 1.54) is 0 Å². The third-order valence-corrected chi connectivity index (χ3v) is 4.20. The molecule has 3 atom stereocenters. The third-order valence-electron chi connectivity index (χ3n) is 4.20. The summed E-state index contributed by atoms with van der Waals surface area (Å²) in [5.74, 6) is 2.32. The molecule has 0 saturated carbocycles. The molecule has 128 valence electrons. The van der Waals surface area contributed by atoms with Crippen molar-refractivity contribution in [1.82, 2.24) is 0 Å². The number of methoxy groups -OCH3 is 1. The Morgan fingerprint density at radius 3 is 2.62 bits per heavy atom. The summed E-state index contributed by atoms with van der Waals surface area (Å²) in [7, 11) is 1.60. The fourth-order valence-electron chi connectivity index (χ4n) is 3.08. The highest BCUT2D eigenvalue weighted by atomic mass is 16.7. The minimum Gasteiger partial charge on any atom is -0.497 e. The number of benzene rings is 1. The molecule has 0 bridgehead atoms. The van der Waals surface area contributed by atoms with Gasteiger partial charge < -0.3 is 23.8 Å². The largest absolute Gasteiger partial charge is 0.497 e. The van der Waals surface area contributed by atoms with Crippen LogP contribution in [0.5, 0.6) is 5.75 Å². The Labute approximate surface area is 141 Å². The zero-order chi connectivity index (χ0) is 17.3. The maximum atomic E-state index is 12.6. The van der Waals surface area contributed by atoms with Crippen LogP contribution < -0.4 is 9.64 Å². The number of carbonyl (C=O) groups is 1. The van der Waals surface area contributed by atoms with Crippen LogP contribution in [-0.4, -0.2) is 50.3 Å². The monoisotopic (exact) mass is 331 g/mol. The first-order valence-electron chi connectivity index (χ1n) is 7.81. The molecule has 0 unspecified atom stereocenters. The van der Waals surface area contributed by atoms with Crippen molar-refractivity contribution in [1.29, 1.82) is 0 Å². The molecule has 6 nitrogen and oxygen atoms in total. The predicted octanol–water partition coefficient (Wildman–Crippen LogP) is 1.58. The first-order valence-corrected chi connectivity index (χ1v) is 7.81. The lowest BCUT2D eigenvalue weighted by Gasteiger charge is -2.48. The number of nitrogens with zero attached hydrogens (tertiary/aromatic N) is 1. The molecule has 0 radical (unpaired) electrons. The average Bonchev–Trinajstić information content (AvgIpc) is 2.92. The summed E-state index contributed by atoms with van der Waals surface area (Å²) < 4.78 is 22.3. The van der Waals surface area contributed by atoms with Gasteiger partial charge in [-0.15, -0.1) is 6.42 Å². The molecule has 3 rings (SSSR count). The van der Waals surface area contributed by atoms with Gasteiger partial charge in [-0.1, -0.05) is 5.92 Å². The van der Waals surface area contributed by atoms with E-state index in [0.717, 1.165) is 11.4 Å². The fraction of sp³-hybridized carbons (Fsp3) is 0.500. The van der Waals surface area contributed by atoms with Gasteiger partial charge in [0.1, 0.15) is 24.5 Å². The molecule has 1 amide bonds. The van der Waals surface area contributed by atoms with Crippen molar-refractivity contribution >= 4 is 11.6 Å². The van der Waals surface area contributed by atoms with Gasteiger partial charge in [0.2, 0.25) is 0 Å². The molecule has 1 aromatic carbocycles. The van der Waals surface area contributed by atoms with Crippen molar-refractivity contribution in [3.05, 3.63) is 24.3 Å². The Morgan fingerprint density at radius 2 is 2.08 bits per heavy atom. The number of β-lactam (4-membered cyclic amide) rings is 1. The maximum Gasteiger partial charge on any atom is 0.258 e. The number of carbonyl (C=O) groups excluding carboxylic acids is 1. The van der Waals surface area contributed by atoms with Gasteiger partial charge in [0, 0.05) is 5.69 Å². The highest BCUT2D eigenvalue weighted by molar-refractivity contribution is 6.05. The summed E-state index contributed by atoms with van der Waals surface area (Å²) in [4.78, 5) is 14.2. The second kappa shape index (κ2) is 6.44. The summed E-state index contributed by atoms with van der Waals surface area (Å²) in [6.07, 6.45) is 4.36. The number of anilines is 1. The van der Waals surface area contributed by atoms with Crippen LogP contribution in [0, 0.1) is 12.3 Å². The van der Waals surface area contributed by atoms with Crippen LogP contribution >= 0.6 is 0 Å². The molecule has 2 aliphatic heterocycles. The number of hydrogen-bond donors (Lipinski definition) is 0. The Bertz CT molecular complexity index is 648. The van der Waals surface area contributed by atoms with Crippen molar-refractivity contribution in [3.8, 4) is 18.1 Å². The molecule has 0 aromatic heterocycles. The van der Waals surface area contributed by atoms with Gasteiger partial charge in [-0.25, -0.2) is 0 Å². The lowest BCUT2D eigenvalue weighted by Crippen LogP contribution is -2.71. The van der Waals surface area contributed by atoms with Gasteiger partial charge >= 0.3 is 0 Å². The molecular weight excluding hydrogens is 310 g/mol. The molecule has 2 heterocycles. The van der Waals surface area contributed by atoms with Gasteiger partial charge in [-0.3, -0.25) is 4.79 Å². The van der Waals surface area contributed by atoms with Crippen molar-refractivity contribution in [2.24, 2.45) is 0 Å². The van der Waals surface area contributed by atoms with Crippen LogP contribution in [-0.2, 0) is 19.0 Å². The van der Waals surface area contributed by atoms with Crippen molar-refractivity contribution in [3.63, 3.8) is 0 Å². The minimum atomic E-state index is -0.675. The van der Waals surface area contributed by atoms with E-state index in [4.69, 9.17) is 25.4 Å². The van der Waals surface area contributed by atoms with E-state index >= 15 is 0 Å². The lowest BCUT2D eigenvalue weighted by atomic mass is 9.91. The summed E-state index contributed by atoms with van der Waals surface area (Å²) in [5.41, 5.74) is 0.764. The van der Waals surface area contributed by atoms with E-state index in [1.54, 1.807) is 12.0 Å². The van der Waals surface area contributed by atoms with E-state index < -0.39 is 11.9 Å². The van der Waals surface area contributed by atoms with Gasteiger partial charge in [0.25, 0.3) is 5.91 Å². The smallest absolute Gasteiger partial charge is 0.258 e. The van der Waals surface area contributed by atoms with Crippen LogP contribution in [0.25, 0.3) is 0 Å². The summed E-state index contributed by atoms with van der Waals surface area (Å²) in [5, 5.41) is 0. The number of rotatable bonds is 5. The van der Waals surface area contributed by atoms with E-state index in [0.29, 0.717) is 6.61 Å². The molecule has 0 aliphatic carbocycles. The predicted molar refractivity (Wildman–Crippen MR) is 87.7 cm³/mol. The van der Waals surface area contributed by atoms with Gasteiger partial charge in [0.15, 0.2) is 11.9 Å². The van der Waals surface area contributed by atoms with Crippen molar-refractivity contribution < 1.29 is 23.7 Å². The van der Waals surface area contributed by atoms with Crippen molar-refractivity contribution in [2.75, 3.05) is 25.2 Å². The molecule has 24 heavy (non-hydrogen) atoms. The van der Waals surface area contributed by atoms with E-state index in [2.05, 4.69) is 5.92 Å². The Kier molecular flexibility index (Phi) is 4.50. The number of terminal acetylenes is 1. The Balaban J connectivity index is 1.83. The van der Waals surface area contributed by atoms with Crippen LogP contribution in [0.1, 0.15) is 13.8 Å². The van der Waals surface area contributed by atoms with Gasteiger partial charge in [-0.2, -0.15) is 0 Å². The molecule has 0 spiro atoms. The average molecular weight is 331 g/mol. The number of hydrogen-bond acceptors (Lipinski definition) is 5. The molecule has 2 aliphatic rings. The molecule has 2 fully saturated rings. The second-order valence-electron chi connectivity index (χ2n) is 6.20. The molecule has 6 heteroatoms. The first-order chi connectivity index (χ1) is 11.5. The van der Waals surface area contributed by atoms with Crippen LogP contribution in [0.2, 0.25) is 0 Å². The number of ether oxygens (including phenoxy) is 4. The second-order valence-corrected chi connectivity index (χ2v) is 6.20. The van der Waals surface area contributed by atoms with E-state index in [-0.39, 0.29) is 24.7 Å². The van der Waals surface area contributed by atoms with Crippen LogP contribution in [0.3, 0.4) is 0 Å². The zero-order valence-electron chi connectivity index (χ0n) is 14.0. The first kappa shape index (κ1) is 16.8. The Hall–Kier alpha value is -2.07. The van der Waals surface area contributed by atoms with Gasteiger partial charge in [0.05, 0.1) is 13.7 Å². The normalized spacial score (nSPS) is 28.3. The van der Waals surface area contributed by atoms with Gasteiger partial charge in [-0.05, 0) is 38.1 Å². The standard InChI is InChI=1S/C18H21NO5/c1-5-10-22-16-15(14-11-23-18(2,3)24-14)19(17(16)20)12-6-8-13(21-4)9-7-12/h1,6-9,14-16H,10-11H2,2-4H3/t14-,15+,16-/m1/s1. The lowest BCUT2D eigenvalue weighted by molar-refractivity contribution is -0.161. The van der Waals surface area contributed by atoms with Crippen LogP contribution in [0.4, 0.5) is 5.69 Å². The van der Waals surface area contributed by atoms with Crippen molar-refractivity contribution in [2.45, 2.75) is 37.9 Å². The quantitative estimate of drug-likeness (QED) is 0.606.